The van der Waals surface area contributed by atoms with Gasteiger partial charge in [-0.2, -0.15) is 5.10 Å². The van der Waals surface area contributed by atoms with Crippen LogP contribution in [0.25, 0.3) is 16.9 Å². The normalized spacial score (nSPS) is 10.8. The van der Waals surface area contributed by atoms with E-state index in [1.54, 1.807) is 0 Å². The van der Waals surface area contributed by atoms with Gasteiger partial charge in [0.1, 0.15) is 24.2 Å². The maximum Gasteiger partial charge on any atom is 0.257 e. The third-order valence-corrected chi connectivity index (χ3v) is 5.02. The lowest BCUT2D eigenvalue weighted by Gasteiger charge is -2.06. The Hall–Kier alpha value is -3.39. The van der Waals surface area contributed by atoms with Crippen molar-refractivity contribution < 1.29 is 9.18 Å². The summed E-state index contributed by atoms with van der Waals surface area (Å²) in [4.78, 5) is 20.8. The molecule has 0 aliphatic heterocycles. The molecule has 6 nitrogen and oxygen atoms in total. The summed E-state index contributed by atoms with van der Waals surface area (Å²) in [5, 5.41) is 8.97. The molecule has 0 bridgehead atoms. The van der Waals surface area contributed by atoms with Crippen molar-refractivity contribution in [3.8, 4) is 16.9 Å². The zero-order valence-corrected chi connectivity index (χ0v) is 16.0. The molecule has 0 atom stereocenters. The molecule has 1 N–H and O–H groups in total. The maximum atomic E-state index is 14.3. The van der Waals surface area contributed by atoms with Gasteiger partial charge in [-0.05, 0) is 37.6 Å². The molecule has 28 heavy (non-hydrogen) atoms. The Morgan fingerprint density at radius 2 is 2.04 bits per heavy atom. The van der Waals surface area contributed by atoms with E-state index in [4.69, 9.17) is 0 Å². The predicted octanol–water partition coefficient (Wildman–Crippen LogP) is 4.40. The van der Waals surface area contributed by atoms with E-state index in [9.17, 15) is 9.18 Å². The first-order valence-electron chi connectivity index (χ1n) is 8.50. The molecule has 0 fully saturated rings. The Bertz CT molecular complexity index is 1150. The Morgan fingerprint density at radius 3 is 2.75 bits per heavy atom. The Morgan fingerprint density at radius 1 is 1.18 bits per heavy atom. The number of anilines is 1. The molecule has 8 heteroatoms. The van der Waals surface area contributed by atoms with Gasteiger partial charge in [-0.1, -0.05) is 23.8 Å². The smallest absolute Gasteiger partial charge is 0.257 e. The van der Waals surface area contributed by atoms with E-state index in [0.29, 0.717) is 5.13 Å². The zero-order chi connectivity index (χ0) is 19.7. The second-order valence-corrected chi connectivity index (χ2v) is 7.17. The molecule has 0 radical (unpaired) electrons. The van der Waals surface area contributed by atoms with Gasteiger partial charge in [0, 0.05) is 16.5 Å². The summed E-state index contributed by atoms with van der Waals surface area (Å²) in [7, 11) is 0. The highest BCUT2D eigenvalue weighted by atomic mass is 32.1. The van der Waals surface area contributed by atoms with Crippen molar-refractivity contribution in [1.82, 2.24) is 19.7 Å². The Balaban J connectivity index is 1.53. The molecule has 0 saturated carbocycles. The van der Waals surface area contributed by atoms with Crippen LogP contribution in [0.5, 0.6) is 0 Å². The van der Waals surface area contributed by atoms with Crippen molar-refractivity contribution in [1.29, 1.82) is 0 Å². The number of carbonyl (C=O) groups excluding carboxylic acids is 1. The molecule has 2 heterocycles. The number of nitrogens with zero attached hydrogens (tertiary/aromatic N) is 4. The number of nitrogens with one attached hydrogen (secondary N) is 1. The van der Waals surface area contributed by atoms with Crippen LogP contribution in [0.1, 0.15) is 21.5 Å². The van der Waals surface area contributed by atoms with Crippen molar-refractivity contribution in [2.75, 3.05) is 5.32 Å². The third-order valence-electron chi connectivity index (χ3n) is 4.26. The molecule has 4 aromatic rings. The van der Waals surface area contributed by atoms with Crippen molar-refractivity contribution in [3.63, 3.8) is 0 Å². The SMILES string of the molecule is Cc1ccc(-c2csc(NC(=O)c3ccc(-n4cncn4)c(F)c3)n2)c(C)c1. The highest BCUT2D eigenvalue weighted by Crippen LogP contribution is 2.28. The number of hydrogen-bond acceptors (Lipinski definition) is 5. The van der Waals surface area contributed by atoms with Gasteiger partial charge >= 0.3 is 0 Å². The van der Waals surface area contributed by atoms with Gasteiger partial charge in [0.15, 0.2) is 5.13 Å². The van der Waals surface area contributed by atoms with Crippen LogP contribution in [0.15, 0.2) is 54.4 Å². The van der Waals surface area contributed by atoms with Gasteiger partial charge in [0.2, 0.25) is 0 Å². The molecule has 2 aromatic heterocycles. The Kier molecular flexibility index (Phi) is 4.70. The van der Waals surface area contributed by atoms with Gasteiger partial charge in [-0.25, -0.2) is 19.0 Å². The van der Waals surface area contributed by atoms with Crippen LogP contribution in [0.4, 0.5) is 9.52 Å². The monoisotopic (exact) mass is 393 g/mol. The minimum Gasteiger partial charge on any atom is -0.298 e. The highest BCUT2D eigenvalue weighted by molar-refractivity contribution is 7.14. The first-order valence-corrected chi connectivity index (χ1v) is 9.38. The van der Waals surface area contributed by atoms with E-state index >= 15 is 0 Å². The van der Waals surface area contributed by atoms with Crippen LogP contribution in [0.3, 0.4) is 0 Å². The number of rotatable bonds is 4. The van der Waals surface area contributed by atoms with Crippen LogP contribution < -0.4 is 5.32 Å². The van der Waals surface area contributed by atoms with E-state index in [1.807, 2.05) is 31.4 Å². The Labute approximate surface area is 164 Å². The van der Waals surface area contributed by atoms with Crippen molar-refractivity contribution in [2.24, 2.45) is 0 Å². The van der Waals surface area contributed by atoms with Crippen LogP contribution in [0.2, 0.25) is 0 Å². The van der Waals surface area contributed by atoms with Gasteiger partial charge in [0.05, 0.1) is 5.69 Å². The number of hydrogen-bond donors (Lipinski definition) is 1. The highest BCUT2D eigenvalue weighted by Gasteiger charge is 2.14. The molecule has 0 saturated heterocycles. The number of aromatic nitrogens is 4. The standard InChI is InChI=1S/C20H16FN5OS/c1-12-3-5-15(13(2)7-12)17-9-28-20(24-17)25-19(27)14-4-6-18(16(21)8-14)26-11-22-10-23-26/h3-11H,1-2H3,(H,24,25,27). The largest absolute Gasteiger partial charge is 0.298 e. The summed E-state index contributed by atoms with van der Waals surface area (Å²) in [6.45, 7) is 4.07. The quantitative estimate of drug-likeness (QED) is 0.558. The summed E-state index contributed by atoms with van der Waals surface area (Å²) in [6.07, 6.45) is 2.71. The number of carbonyl (C=O) groups is 1. The predicted molar refractivity (Wildman–Crippen MR) is 106 cm³/mol. The summed E-state index contributed by atoms with van der Waals surface area (Å²) >= 11 is 1.33. The first-order chi connectivity index (χ1) is 13.5. The molecule has 0 aliphatic rings. The molecule has 2 aromatic carbocycles. The number of amides is 1. The number of aryl methyl sites for hydroxylation is 2. The van der Waals surface area contributed by atoms with E-state index < -0.39 is 11.7 Å². The van der Waals surface area contributed by atoms with Crippen molar-refractivity contribution in [2.45, 2.75) is 13.8 Å². The van der Waals surface area contributed by atoms with Crippen LogP contribution in [-0.2, 0) is 0 Å². The van der Waals surface area contributed by atoms with E-state index in [1.165, 1.54) is 52.4 Å². The summed E-state index contributed by atoms with van der Waals surface area (Å²) in [5.41, 5.74) is 4.54. The lowest BCUT2D eigenvalue weighted by molar-refractivity contribution is 0.102. The fourth-order valence-corrected chi connectivity index (χ4v) is 3.60. The summed E-state index contributed by atoms with van der Waals surface area (Å²) in [6, 6.07) is 10.3. The molecular weight excluding hydrogens is 377 g/mol. The number of halogens is 1. The molecule has 0 spiro atoms. The number of thiazole rings is 1. The fourth-order valence-electron chi connectivity index (χ4n) is 2.89. The zero-order valence-electron chi connectivity index (χ0n) is 15.2. The molecule has 0 unspecified atom stereocenters. The van der Waals surface area contributed by atoms with E-state index in [2.05, 4.69) is 26.4 Å². The third kappa shape index (κ3) is 3.54. The molecule has 0 aliphatic carbocycles. The molecule has 140 valence electrons. The average molecular weight is 393 g/mol. The van der Waals surface area contributed by atoms with E-state index in [0.717, 1.165) is 16.8 Å². The van der Waals surface area contributed by atoms with Gasteiger partial charge in [-0.3, -0.25) is 10.1 Å². The molecule has 1 amide bonds. The first kappa shape index (κ1) is 18.0. The molecule has 4 rings (SSSR count). The van der Waals surface area contributed by atoms with Crippen LogP contribution in [0, 0.1) is 19.7 Å². The van der Waals surface area contributed by atoms with Gasteiger partial charge < -0.3 is 0 Å². The second-order valence-electron chi connectivity index (χ2n) is 6.32. The van der Waals surface area contributed by atoms with Crippen LogP contribution >= 0.6 is 11.3 Å². The minimum atomic E-state index is -0.562. The van der Waals surface area contributed by atoms with Gasteiger partial charge in [-0.15, -0.1) is 11.3 Å². The maximum absolute atomic E-state index is 14.3. The second kappa shape index (κ2) is 7.32. The average Bonchev–Trinajstić information content (AvgIpc) is 3.34. The lowest BCUT2D eigenvalue weighted by atomic mass is 10.0. The lowest BCUT2D eigenvalue weighted by Crippen LogP contribution is -2.12. The summed E-state index contributed by atoms with van der Waals surface area (Å²) in [5.74, 6) is -0.987. The fraction of sp³-hybridized carbons (Fsp3) is 0.100. The van der Waals surface area contributed by atoms with Gasteiger partial charge in [0.25, 0.3) is 5.91 Å². The van der Waals surface area contributed by atoms with Crippen LogP contribution in [-0.4, -0.2) is 25.7 Å². The number of benzene rings is 2. The van der Waals surface area contributed by atoms with Crippen molar-refractivity contribution in [3.05, 3.63) is 76.9 Å². The minimum absolute atomic E-state index is 0.199. The van der Waals surface area contributed by atoms with E-state index in [-0.39, 0.29) is 11.3 Å². The van der Waals surface area contributed by atoms with Crippen molar-refractivity contribution >= 4 is 22.4 Å². The topological polar surface area (TPSA) is 72.7 Å². The summed E-state index contributed by atoms with van der Waals surface area (Å²) < 4.78 is 15.6. The molecular formula is C20H16FN5OS.